The van der Waals surface area contributed by atoms with Crippen LogP contribution in [-0.2, 0) is 4.79 Å². The Balaban J connectivity index is 2.66. The van der Waals surface area contributed by atoms with Gasteiger partial charge in [0.2, 0.25) is 5.91 Å². The second-order valence-electron chi connectivity index (χ2n) is 3.61. The van der Waals surface area contributed by atoms with Gasteiger partial charge in [0.25, 0.3) is 0 Å². The van der Waals surface area contributed by atoms with E-state index in [-0.39, 0.29) is 18.3 Å². The standard InChI is InChI=1S/C12H17FN2O2/c1-4-15(2)12(16)8-14-10-6-5-9(13)7-11(10)17-3/h5-7,14H,4,8H2,1-3H3. The molecule has 0 aliphatic rings. The third kappa shape index (κ3) is 3.62. The Kier molecular flexibility index (Phi) is 4.75. The van der Waals surface area contributed by atoms with Gasteiger partial charge >= 0.3 is 0 Å². The van der Waals surface area contributed by atoms with Gasteiger partial charge in [-0.15, -0.1) is 0 Å². The second-order valence-corrected chi connectivity index (χ2v) is 3.61. The van der Waals surface area contributed by atoms with E-state index in [1.807, 2.05) is 6.92 Å². The van der Waals surface area contributed by atoms with Crippen LogP contribution < -0.4 is 10.1 Å². The van der Waals surface area contributed by atoms with Crippen molar-refractivity contribution in [3.05, 3.63) is 24.0 Å². The van der Waals surface area contributed by atoms with Crippen molar-refractivity contribution in [2.75, 3.05) is 32.6 Å². The summed E-state index contributed by atoms with van der Waals surface area (Å²) < 4.78 is 18.0. The summed E-state index contributed by atoms with van der Waals surface area (Å²) in [5, 5.41) is 2.92. The van der Waals surface area contributed by atoms with Crippen LogP contribution in [0.1, 0.15) is 6.92 Å². The van der Waals surface area contributed by atoms with E-state index in [1.165, 1.54) is 19.2 Å². The van der Waals surface area contributed by atoms with Crippen molar-refractivity contribution in [2.45, 2.75) is 6.92 Å². The fourth-order valence-electron chi connectivity index (χ4n) is 1.29. The number of halogens is 1. The van der Waals surface area contributed by atoms with Crippen LogP contribution in [0.4, 0.5) is 10.1 Å². The molecule has 0 fully saturated rings. The van der Waals surface area contributed by atoms with Gasteiger partial charge in [0.15, 0.2) is 0 Å². The normalized spacial score (nSPS) is 9.88. The summed E-state index contributed by atoms with van der Waals surface area (Å²) in [6, 6.07) is 4.14. The minimum absolute atomic E-state index is 0.0288. The molecule has 0 aliphatic heterocycles. The van der Waals surface area contributed by atoms with E-state index in [2.05, 4.69) is 5.32 Å². The maximum absolute atomic E-state index is 12.9. The van der Waals surface area contributed by atoms with Crippen LogP contribution in [0, 0.1) is 5.82 Å². The molecule has 1 N–H and O–H groups in total. The van der Waals surface area contributed by atoms with E-state index in [4.69, 9.17) is 4.74 Å². The van der Waals surface area contributed by atoms with E-state index < -0.39 is 0 Å². The average Bonchev–Trinajstić information content (AvgIpc) is 2.35. The van der Waals surface area contributed by atoms with Gasteiger partial charge < -0.3 is 15.0 Å². The molecule has 0 unspecified atom stereocenters. The molecule has 0 spiro atoms. The Morgan fingerprint density at radius 2 is 2.24 bits per heavy atom. The number of anilines is 1. The number of methoxy groups -OCH3 is 1. The monoisotopic (exact) mass is 240 g/mol. The van der Waals surface area contributed by atoms with Crippen molar-refractivity contribution in [3.8, 4) is 5.75 Å². The lowest BCUT2D eigenvalue weighted by Gasteiger charge is -2.16. The molecule has 17 heavy (non-hydrogen) atoms. The Morgan fingerprint density at radius 1 is 1.53 bits per heavy atom. The fraction of sp³-hybridized carbons (Fsp3) is 0.417. The predicted molar refractivity (Wildman–Crippen MR) is 64.8 cm³/mol. The highest BCUT2D eigenvalue weighted by molar-refractivity contribution is 5.81. The number of nitrogens with zero attached hydrogens (tertiary/aromatic N) is 1. The smallest absolute Gasteiger partial charge is 0.241 e. The van der Waals surface area contributed by atoms with Gasteiger partial charge in [-0.25, -0.2) is 4.39 Å². The number of likely N-dealkylation sites (N-methyl/N-ethyl adjacent to an activating group) is 1. The third-order valence-corrected chi connectivity index (χ3v) is 2.49. The van der Waals surface area contributed by atoms with Crippen molar-refractivity contribution in [1.82, 2.24) is 4.90 Å². The Hall–Kier alpha value is -1.78. The van der Waals surface area contributed by atoms with Gasteiger partial charge in [-0.1, -0.05) is 0 Å². The largest absolute Gasteiger partial charge is 0.494 e. The minimum atomic E-state index is -0.371. The summed E-state index contributed by atoms with van der Waals surface area (Å²) in [5.41, 5.74) is 0.603. The molecule has 0 aromatic heterocycles. The van der Waals surface area contributed by atoms with Crippen molar-refractivity contribution in [3.63, 3.8) is 0 Å². The van der Waals surface area contributed by atoms with Crippen molar-refractivity contribution in [2.24, 2.45) is 0 Å². The van der Waals surface area contributed by atoms with Gasteiger partial charge in [0.05, 0.1) is 19.3 Å². The van der Waals surface area contributed by atoms with Crippen LogP contribution in [0.3, 0.4) is 0 Å². The molecule has 1 amide bonds. The molecule has 1 aromatic rings. The number of benzene rings is 1. The SMILES string of the molecule is CCN(C)C(=O)CNc1ccc(F)cc1OC. The minimum Gasteiger partial charge on any atom is -0.494 e. The molecule has 0 heterocycles. The third-order valence-electron chi connectivity index (χ3n) is 2.49. The maximum Gasteiger partial charge on any atom is 0.241 e. The molecule has 1 aromatic carbocycles. The molecule has 0 saturated carbocycles. The Bertz CT molecular complexity index is 396. The zero-order chi connectivity index (χ0) is 12.8. The quantitative estimate of drug-likeness (QED) is 0.852. The highest BCUT2D eigenvalue weighted by atomic mass is 19.1. The molecule has 0 aliphatic carbocycles. The lowest BCUT2D eigenvalue weighted by Crippen LogP contribution is -2.31. The van der Waals surface area contributed by atoms with Gasteiger partial charge in [-0.3, -0.25) is 4.79 Å². The van der Waals surface area contributed by atoms with E-state index in [9.17, 15) is 9.18 Å². The zero-order valence-corrected chi connectivity index (χ0v) is 10.3. The summed E-state index contributed by atoms with van der Waals surface area (Å²) in [6.07, 6.45) is 0. The molecule has 5 heteroatoms. The highest BCUT2D eigenvalue weighted by Crippen LogP contribution is 2.24. The molecule has 0 radical (unpaired) electrons. The van der Waals surface area contributed by atoms with Crippen LogP contribution in [0.15, 0.2) is 18.2 Å². The first kappa shape index (κ1) is 13.3. The maximum atomic E-state index is 12.9. The van der Waals surface area contributed by atoms with Crippen LogP contribution >= 0.6 is 0 Å². The number of carbonyl (C=O) groups is 1. The highest BCUT2D eigenvalue weighted by Gasteiger charge is 2.08. The van der Waals surface area contributed by atoms with Crippen LogP contribution in [0.2, 0.25) is 0 Å². The van der Waals surface area contributed by atoms with E-state index in [0.717, 1.165) is 0 Å². The van der Waals surface area contributed by atoms with E-state index >= 15 is 0 Å². The number of hydrogen-bond donors (Lipinski definition) is 1. The molecule has 0 atom stereocenters. The molecule has 0 saturated heterocycles. The van der Waals surface area contributed by atoms with E-state index in [1.54, 1.807) is 18.0 Å². The topological polar surface area (TPSA) is 41.6 Å². The number of rotatable bonds is 5. The Morgan fingerprint density at radius 3 is 2.82 bits per heavy atom. The lowest BCUT2D eigenvalue weighted by atomic mass is 10.3. The first-order chi connectivity index (χ1) is 8.08. The first-order valence-electron chi connectivity index (χ1n) is 5.39. The number of hydrogen-bond acceptors (Lipinski definition) is 3. The van der Waals surface area contributed by atoms with Gasteiger partial charge in [0.1, 0.15) is 11.6 Å². The van der Waals surface area contributed by atoms with Gasteiger partial charge in [-0.05, 0) is 19.1 Å². The average molecular weight is 240 g/mol. The van der Waals surface area contributed by atoms with Crippen molar-refractivity contribution < 1.29 is 13.9 Å². The van der Waals surface area contributed by atoms with Crippen LogP contribution in [0.5, 0.6) is 5.75 Å². The zero-order valence-electron chi connectivity index (χ0n) is 10.3. The lowest BCUT2D eigenvalue weighted by molar-refractivity contribution is -0.127. The van der Waals surface area contributed by atoms with Crippen LogP contribution in [-0.4, -0.2) is 38.1 Å². The molecular formula is C12H17FN2O2. The van der Waals surface area contributed by atoms with E-state index in [0.29, 0.717) is 18.0 Å². The van der Waals surface area contributed by atoms with Crippen molar-refractivity contribution >= 4 is 11.6 Å². The summed E-state index contributed by atoms with van der Waals surface area (Å²) in [5.74, 6) is -0.0137. The van der Waals surface area contributed by atoms with Crippen LogP contribution in [0.25, 0.3) is 0 Å². The number of amides is 1. The molecule has 1 rings (SSSR count). The molecule has 94 valence electrons. The summed E-state index contributed by atoms with van der Waals surface area (Å²) in [6.45, 7) is 2.71. The summed E-state index contributed by atoms with van der Waals surface area (Å²) in [4.78, 5) is 13.2. The number of carbonyl (C=O) groups excluding carboxylic acids is 1. The first-order valence-corrected chi connectivity index (χ1v) is 5.39. The number of nitrogens with one attached hydrogen (secondary N) is 1. The fourth-order valence-corrected chi connectivity index (χ4v) is 1.29. The van der Waals surface area contributed by atoms with Gasteiger partial charge in [0, 0.05) is 19.7 Å². The Labute approximate surface area is 100 Å². The second kappa shape index (κ2) is 6.08. The van der Waals surface area contributed by atoms with Crippen molar-refractivity contribution in [1.29, 1.82) is 0 Å². The molecule has 4 nitrogen and oxygen atoms in total. The van der Waals surface area contributed by atoms with Gasteiger partial charge in [-0.2, -0.15) is 0 Å². The number of ether oxygens (including phenoxy) is 1. The molecule has 0 bridgehead atoms. The predicted octanol–water partition coefficient (Wildman–Crippen LogP) is 1.72. The summed E-state index contributed by atoms with van der Waals surface area (Å²) >= 11 is 0. The molecular weight excluding hydrogens is 223 g/mol. The summed E-state index contributed by atoms with van der Waals surface area (Å²) in [7, 11) is 3.19.